The molecule has 1 heterocycles. The molecule has 6 nitrogen and oxygen atoms in total. The molecule has 0 aromatic heterocycles. The van der Waals surface area contributed by atoms with Crippen LogP contribution >= 0.6 is 0 Å². The van der Waals surface area contributed by atoms with E-state index < -0.39 is 10.0 Å². The molecular formula is C13H16N2O4S. The highest BCUT2D eigenvalue weighted by Crippen LogP contribution is 2.22. The van der Waals surface area contributed by atoms with Crippen LogP contribution in [0.4, 0.5) is 0 Å². The fraction of sp³-hybridized carbons (Fsp3) is 0.385. The van der Waals surface area contributed by atoms with Gasteiger partial charge in [-0.2, -0.15) is 0 Å². The standard InChI is InChI=1S/C13H16N2O4S/c14-20(18,19)9-5-1-4-8-15-12(16)10-6-2-3-7-11(10)13(15)17/h2-3,6-7H,1,4-5,8-9H2,(H2,14,18,19). The molecule has 20 heavy (non-hydrogen) atoms. The smallest absolute Gasteiger partial charge is 0.261 e. The maximum atomic E-state index is 12.0. The van der Waals surface area contributed by atoms with E-state index in [0.717, 1.165) is 0 Å². The number of unbranched alkanes of at least 4 members (excludes halogenated alkanes) is 2. The second kappa shape index (κ2) is 5.72. The zero-order valence-electron chi connectivity index (χ0n) is 10.9. The summed E-state index contributed by atoms with van der Waals surface area (Å²) in [5.74, 6) is -0.635. The monoisotopic (exact) mass is 296 g/mol. The minimum atomic E-state index is -3.44. The highest BCUT2D eigenvalue weighted by Gasteiger charge is 2.34. The lowest BCUT2D eigenvalue weighted by Crippen LogP contribution is -2.30. The van der Waals surface area contributed by atoms with Crippen molar-refractivity contribution in [2.75, 3.05) is 12.3 Å². The summed E-state index contributed by atoms with van der Waals surface area (Å²) in [4.78, 5) is 25.2. The highest BCUT2D eigenvalue weighted by atomic mass is 32.2. The molecule has 0 aliphatic carbocycles. The van der Waals surface area contributed by atoms with Crippen LogP contribution in [0.3, 0.4) is 0 Å². The number of carbonyl (C=O) groups is 2. The van der Waals surface area contributed by atoms with Crippen LogP contribution in [0, 0.1) is 0 Å². The lowest BCUT2D eigenvalue weighted by Gasteiger charge is -2.13. The molecule has 0 radical (unpaired) electrons. The quantitative estimate of drug-likeness (QED) is 0.618. The Bertz CT molecular complexity index is 605. The Hall–Kier alpha value is -1.73. The number of hydrogen-bond donors (Lipinski definition) is 1. The molecule has 7 heteroatoms. The van der Waals surface area contributed by atoms with Crippen molar-refractivity contribution >= 4 is 21.8 Å². The summed E-state index contributed by atoms with van der Waals surface area (Å²) in [6.45, 7) is 0.303. The van der Waals surface area contributed by atoms with Gasteiger partial charge < -0.3 is 0 Å². The molecule has 1 aromatic rings. The molecule has 0 bridgehead atoms. The average Bonchev–Trinajstić information content (AvgIpc) is 2.62. The van der Waals surface area contributed by atoms with Crippen LogP contribution in [0.15, 0.2) is 24.3 Å². The van der Waals surface area contributed by atoms with Gasteiger partial charge in [-0.25, -0.2) is 13.6 Å². The van der Waals surface area contributed by atoms with E-state index >= 15 is 0 Å². The van der Waals surface area contributed by atoms with E-state index in [4.69, 9.17) is 5.14 Å². The lowest BCUT2D eigenvalue weighted by molar-refractivity contribution is 0.0651. The van der Waals surface area contributed by atoms with Gasteiger partial charge in [0.05, 0.1) is 16.9 Å². The van der Waals surface area contributed by atoms with Crippen LogP contribution in [-0.2, 0) is 10.0 Å². The highest BCUT2D eigenvalue weighted by molar-refractivity contribution is 7.89. The number of rotatable bonds is 6. The summed E-state index contributed by atoms with van der Waals surface area (Å²) >= 11 is 0. The number of carbonyl (C=O) groups excluding carboxylic acids is 2. The molecule has 0 saturated carbocycles. The number of sulfonamides is 1. The van der Waals surface area contributed by atoms with Gasteiger partial charge in [0.25, 0.3) is 11.8 Å². The molecule has 0 spiro atoms. The van der Waals surface area contributed by atoms with Crippen molar-refractivity contribution in [3.05, 3.63) is 35.4 Å². The molecule has 108 valence electrons. The van der Waals surface area contributed by atoms with E-state index in [-0.39, 0.29) is 17.6 Å². The summed E-state index contributed by atoms with van der Waals surface area (Å²) in [7, 11) is -3.44. The van der Waals surface area contributed by atoms with Gasteiger partial charge in [-0.05, 0) is 25.0 Å². The molecular weight excluding hydrogens is 280 g/mol. The van der Waals surface area contributed by atoms with Crippen molar-refractivity contribution in [3.63, 3.8) is 0 Å². The number of benzene rings is 1. The largest absolute Gasteiger partial charge is 0.274 e. The van der Waals surface area contributed by atoms with Crippen molar-refractivity contribution in [3.8, 4) is 0 Å². The number of imide groups is 1. The summed E-state index contributed by atoms with van der Waals surface area (Å²) < 4.78 is 21.5. The fourth-order valence-corrected chi connectivity index (χ4v) is 2.80. The molecule has 2 rings (SSSR count). The molecule has 0 fully saturated rings. The van der Waals surface area contributed by atoms with E-state index in [1.807, 2.05) is 0 Å². The Morgan fingerprint density at radius 2 is 1.50 bits per heavy atom. The normalized spacial score (nSPS) is 14.8. The van der Waals surface area contributed by atoms with Gasteiger partial charge in [0.15, 0.2) is 0 Å². The second-order valence-electron chi connectivity index (χ2n) is 4.74. The predicted octanol–water partition coefficient (Wildman–Crippen LogP) is 0.741. The van der Waals surface area contributed by atoms with Crippen molar-refractivity contribution in [1.82, 2.24) is 4.90 Å². The van der Waals surface area contributed by atoms with Crippen molar-refractivity contribution in [2.45, 2.75) is 19.3 Å². The third-order valence-electron chi connectivity index (χ3n) is 3.19. The maximum Gasteiger partial charge on any atom is 0.261 e. The molecule has 1 aliphatic heterocycles. The SMILES string of the molecule is NS(=O)(=O)CCCCCN1C(=O)c2ccccc2C1=O. The topological polar surface area (TPSA) is 97.5 Å². The summed E-state index contributed by atoms with van der Waals surface area (Å²) in [6, 6.07) is 6.71. The van der Waals surface area contributed by atoms with E-state index in [1.165, 1.54) is 4.90 Å². The molecule has 0 atom stereocenters. The van der Waals surface area contributed by atoms with Crippen LogP contribution < -0.4 is 5.14 Å². The van der Waals surface area contributed by atoms with Gasteiger partial charge in [-0.1, -0.05) is 18.6 Å². The molecule has 0 saturated heterocycles. The summed E-state index contributed by atoms with van der Waals surface area (Å²) in [5.41, 5.74) is 0.865. The molecule has 2 N–H and O–H groups in total. The van der Waals surface area contributed by atoms with E-state index in [9.17, 15) is 18.0 Å². The zero-order chi connectivity index (χ0) is 14.8. The number of hydrogen-bond acceptors (Lipinski definition) is 4. The molecule has 0 unspecified atom stereocenters. The average molecular weight is 296 g/mol. The van der Waals surface area contributed by atoms with Crippen LogP contribution in [0.5, 0.6) is 0 Å². The van der Waals surface area contributed by atoms with Gasteiger partial charge in [-0.15, -0.1) is 0 Å². The van der Waals surface area contributed by atoms with Gasteiger partial charge >= 0.3 is 0 Å². The Kier molecular flexibility index (Phi) is 4.20. The van der Waals surface area contributed by atoms with Crippen molar-refractivity contribution in [1.29, 1.82) is 0 Å². The van der Waals surface area contributed by atoms with E-state index in [0.29, 0.717) is 36.9 Å². The third kappa shape index (κ3) is 3.23. The maximum absolute atomic E-state index is 12.0. The Balaban J connectivity index is 1.87. The first kappa shape index (κ1) is 14.7. The minimum absolute atomic E-state index is 0.0743. The number of nitrogens with two attached hydrogens (primary N) is 1. The number of nitrogens with zero attached hydrogens (tertiary/aromatic N) is 1. The molecule has 2 amide bonds. The second-order valence-corrected chi connectivity index (χ2v) is 6.47. The van der Waals surface area contributed by atoms with Crippen LogP contribution in [0.1, 0.15) is 40.0 Å². The number of amides is 2. The van der Waals surface area contributed by atoms with Crippen molar-refractivity contribution in [2.24, 2.45) is 5.14 Å². The molecule has 1 aromatic carbocycles. The predicted molar refractivity (Wildman–Crippen MR) is 73.6 cm³/mol. The summed E-state index contributed by atoms with van der Waals surface area (Å²) in [6.07, 6.45) is 1.60. The van der Waals surface area contributed by atoms with Gasteiger partial charge in [0.1, 0.15) is 0 Å². The van der Waals surface area contributed by atoms with Gasteiger partial charge in [-0.3, -0.25) is 14.5 Å². The molecule has 1 aliphatic rings. The Morgan fingerprint density at radius 3 is 2.00 bits per heavy atom. The Labute approximate surface area is 117 Å². The third-order valence-corrected chi connectivity index (χ3v) is 4.05. The zero-order valence-corrected chi connectivity index (χ0v) is 11.7. The Morgan fingerprint density at radius 1 is 0.950 bits per heavy atom. The van der Waals surface area contributed by atoms with Crippen LogP contribution in [-0.4, -0.2) is 37.4 Å². The summed E-state index contributed by atoms with van der Waals surface area (Å²) in [5, 5.41) is 4.90. The van der Waals surface area contributed by atoms with Crippen LogP contribution in [0.2, 0.25) is 0 Å². The van der Waals surface area contributed by atoms with E-state index in [2.05, 4.69) is 0 Å². The first-order valence-corrected chi connectivity index (χ1v) is 8.07. The minimum Gasteiger partial charge on any atom is -0.274 e. The number of primary sulfonamides is 1. The first-order chi connectivity index (χ1) is 9.40. The first-order valence-electron chi connectivity index (χ1n) is 6.36. The lowest BCUT2D eigenvalue weighted by atomic mass is 10.1. The van der Waals surface area contributed by atoms with Crippen molar-refractivity contribution < 1.29 is 18.0 Å². The van der Waals surface area contributed by atoms with Crippen LogP contribution in [0.25, 0.3) is 0 Å². The van der Waals surface area contributed by atoms with Gasteiger partial charge in [0, 0.05) is 6.54 Å². The van der Waals surface area contributed by atoms with E-state index in [1.54, 1.807) is 24.3 Å². The number of fused-ring (bicyclic) bond motifs is 1. The fourth-order valence-electron chi connectivity index (χ4n) is 2.19. The van der Waals surface area contributed by atoms with Gasteiger partial charge in [0.2, 0.25) is 10.0 Å².